The third-order valence-electron chi connectivity index (χ3n) is 3.74. The number of carbonyl (C=O) groups excluding carboxylic acids is 2. The Morgan fingerprint density at radius 3 is 2.57 bits per heavy atom. The molecule has 5 nitrogen and oxygen atoms in total. The molecule has 21 heavy (non-hydrogen) atoms. The predicted octanol–water partition coefficient (Wildman–Crippen LogP) is 1.73. The maximum atomic E-state index is 12.2. The van der Waals surface area contributed by atoms with E-state index >= 15 is 0 Å². The van der Waals surface area contributed by atoms with Crippen LogP contribution in [0, 0.1) is 5.92 Å². The van der Waals surface area contributed by atoms with Crippen molar-refractivity contribution in [1.29, 1.82) is 0 Å². The molecule has 1 saturated carbocycles. The Balaban J connectivity index is 1.67. The second kappa shape index (κ2) is 5.44. The Labute approximate surface area is 122 Å². The summed E-state index contributed by atoms with van der Waals surface area (Å²) < 4.78 is 5.30. The van der Waals surface area contributed by atoms with Crippen molar-refractivity contribution in [3.8, 4) is 0 Å². The third kappa shape index (κ3) is 2.81. The minimum Gasteiger partial charge on any atom is -0.469 e. The van der Waals surface area contributed by atoms with E-state index in [9.17, 15) is 9.59 Å². The number of furan rings is 1. The summed E-state index contributed by atoms with van der Waals surface area (Å²) in [6.45, 7) is 0. The summed E-state index contributed by atoms with van der Waals surface area (Å²) >= 11 is 0. The van der Waals surface area contributed by atoms with Crippen LogP contribution < -0.4 is 11.1 Å². The number of amides is 2. The zero-order valence-corrected chi connectivity index (χ0v) is 11.4. The third-order valence-corrected chi connectivity index (χ3v) is 3.74. The highest BCUT2D eigenvalue weighted by Gasteiger charge is 2.46. The number of nitrogens with one attached hydrogen (secondary N) is 1. The number of nitrogens with two attached hydrogens (primary N) is 1. The number of benzene rings is 1. The van der Waals surface area contributed by atoms with E-state index in [1.165, 1.54) is 0 Å². The summed E-state index contributed by atoms with van der Waals surface area (Å²) in [5.41, 5.74) is 6.08. The first-order valence-electron chi connectivity index (χ1n) is 6.85. The zero-order valence-electron chi connectivity index (χ0n) is 11.4. The molecule has 1 aliphatic carbocycles. The first kappa shape index (κ1) is 13.4. The lowest BCUT2D eigenvalue weighted by atomic mass is 10.1. The molecule has 0 saturated heterocycles. The molecule has 5 heteroatoms. The summed E-state index contributed by atoms with van der Waals surface area (Å²) in [5, 5.41) is 2.73. The molecule has 0 aliphatic heterocycles. The largest absolute Gasteiger partial charge is 0.469 e. The van der Waals surface area contributed by atoms with Crippen LogP contribution in [-0.4, -0.2) is 11.8 Å². The van der Waals surface area contributed by atoms with Gasteiger partial charge in [-0.25, -0.2) is 0 Å². The lowest BCUT2D eigenvalue weighted by Crippen LogP contribution is -2.38. The molecule has 0 radical (unpaired) electrons. The van der Waals surface area contributed by atoms with Gasteiger partial charge in [0.05, 0.1) is 6.26 Å². The Hall–Kier alpha value is -2.56. The molecule has 2 aromatic rings. The van der Waals surface area contributed by atoms with Crippen LogP contribution in [0.1, 0.15) is 29.7 Å². The summed E-state index contributed by atoms with van der Waals surface area (Å²) in [6, 6.07) is 11.9. The van der Waals surface area contributed by atoms with Gasteiger partial charge in [-0.3, -0.25) is 9.59 Å². The predicted molar refractivity (Wildman–Crippen MR) is 76.1 cm³/mol. The van der Waals surface area contributed by atoms with Gasteiger partial charge in [0.25, 0.3) is 0 Å². The van der Waals surface area contributed by atoms with Gasteiger partial charge in [-0.1, -0.05) is 30.3 Å². The summed E-state index contributed by atoms with van der Waals surface area (Å²) in [6.07, 6.45) is 2.33. The minimum absolute atomic E-state index is 0.101. The lowest BCUT2D eigenvalue weighted by molar-refractivity contribution is -0.128. The Bertz CT molecular complexity index is 637. The van der Waals surface area contributed by atoms with Gasteiger partial charge in [-0.15, -0.1) is 0 Å². The highest BCUT2D eigenvalue weighted by atomic mass is 16.3. The fourth-order valence-corrected chi connectivity index (χ4v) is 2.51. The normalized spacial score (nSPS) is 21.5. The molecule has 0 unspecified atom stereocenters. The van der Waals surface area contributed by atoms with Crippen LogP contribution in [0.25, 0.3) is 0 Å². The maximum Gasteiger partial charge on any atom is 0.244 e. The van der Waals surface area contributed by atoms with E-state index in [2.05, 4.69) is 5.32 Å². The molecular weight excluding hydrogens is 268 g/mol. The molecule has 3 atom stereocenters. The molecule has 0 spiro atoms. The number of carbonyl (C=O) groups is 2. The molecule has 0 bridgehead atoms. The number of rotatable bonds is 5. The van der Waals surface area contributed by atoms with Crippen molar-refractivity contribution < 1.29 is 14.0 Å². The van der Waals surface area contributed by atoms with Crippen LogP contribution in [0.3, 0.4) is 0 Å². The fraction of sp³-hybridized carbons (Fsp3) is 0.250. The van der Waals surface area contributed by atoms with E-state index in [0.29, 0.717) is 5.56 Å². The van der Waals surface area contributed by atoms with Gasteiger partial charge < -0.3 is 15.5 Å². The zero-order chi connectivity index (χ0) is 14.8. The highest BCUT2D eigenvalue weighted by molar-refractivity contribution is 5.90. The Kier molecular flexibility index (Phi) is 3.48. The number of hydrogen-bond acceptors (Lipinski definition) is 3. The lowest BCUT2D eigenvalue weighted by Gasteiger charge is -2.15. The van der Waals surface area contributed by atoms with Crippen molar-refractivity contribution in [2.45, 2.75) is 18.4 Å². The molecule has 1 fully saturated rings. The molecule has 1 aliphatic rings. The van der Waals surface area contributed by atoms with Gasteiger partial charge in [0, 0.05) is 11.8 Å². The van der Waals surface area contributed by atoms with E-state index in [1.54, 1.807) is 36.6 Å². The quantitative estimate of drug-likeness (QED) is 0.876. The average Bonchev–Trinajstić information content (AvgIpc) is 3.11. The second-order valence-corrected chi connectivity index (χ2v) is 5.22. The molecule has 1 heterocycles. The number of primary amides is 1. The molecule has 108 valence electrons. The van der Waals surface area contributed by atoms with Crippen molar-refractivity contribution in [1.82, 2.24) is 5.32 Å². The van der Waals surface area contributed by atoms with E-state index in [1.807, 2.05) is 12.1 Å². The van der Waals surface area contributed by atoms with Gasteiger partial charge in [-0.2, -0.15) is 0 Å². The molecule has 3 N–H and O–H groups in total. The topological polar surface area (TPSA) is 85.3 Å². The standard InChI is InChI=1S/C16H16N2O3/c17-15(19)14(10-5-2-1-3-6-10)18-16(20)12-9-11(12)13-7-4-8-21-13/h1-8,11-12,14H,9H2,(H2,17,19)(H,18,20)/t11-,12+,14+/m0/s1. The van der Waals surface area contributed by atoms with E-state index in [-0.39, 0.29) is 17.7 Å². The van der Waals surface area contributed by atoms with Gasteiger partial charge in [0.1, 0.15) is 11.8 Å². The first-order chi connectivity index (χ1) is 10.2. The van der Waals surface area contributed by atoms with Gasteiger partial charge in [0.2, 0.25) is 11.8 Å². The van der Waals surface area contributed by atoms with Crippen molar-refractivity contribution >= 4 is 11.8 Å². The average molecular weight is 284 g/mol. The minimum atomic E-state index is -0.795. The molecule has 3 rings (SSSR count). The van der Waals surface area contributed by atoms with Crippen LogP contribution in [0.2, 0.25) is 0 Å². The van der Waals surface area contributed by atoms with Crippen LogP contribution in [0.5, 0.6) is 0 Å². The summed E-state index contributed by atoms with van der Waals surface area (Å²) in [7, 11) is 0. The van der Waals surface area contributed by atoms with Gasteiger partial charge in [0.15, 0.2) is 0 Å². The van der Waals surface area contributed by atoms with Crippen molar-refractivity contribution in [2.75, 3.05) is 0 Å². The van der Waals surface area contributed by atoms with Gasteiger partial charge >= 0.3 is 0 Å². The van der Waals surface area contributed by atoms with E-state index in [4.69, 9.17) is 10.2 Å². The Morgan fingerprint density at radius 2 is 1.95 bits per heavy atom. The van der Waals surface area contributed by atoms with Gasteiger partial charge in [-0.05, 0) is 24.1 Å². The first-order valence-corrected chi connectivity index (χ1v) is 6.85. The van der Waals surface area contributed by atoms with Crippen LogP contribution >= 0.6 is 0 Å². The monoisotopic (exact) mass is 284 g/mol. The van der Waals surface area contributed by atoms with E-state index < -0.39 is 11.9 Å². The SMILES string of the molecule is NC(=O)[C@H](NC(=O)[C@@H]1C[C@@H]1c1ccco1)c1ccccc1. The number of hydrogen-bond donors (Lipinski definition) is 2. The molecule has 1 aromatic carbocycles. The highest BCUT2D eigenvalue weighted by Crippen LogP contribution is 2.47. The fourth-order valence-electron chi connectivity index (χ4n) is 2.51. The van der Waals surface area contributed by atoms with Crippen molar-refractivity contribution in [3.63, 3.8) is 0 Å². The summed E-state index contributed by atoms with van der Waals surface area (Å²) in [5.74, 6) is 0.0327. The molecular formula is C16H16N2O3. The second-order valence-electron chi connectivity index (χ2n) is 5.22. The van der Waals surface area contributed by atoms with Crippen LogP contribution in [0.4, 0.5) is 0 Å². The summed E-state index contributed by atoms with van der Waals surface area (Å²) in [4.78, 5) is 23.8. The van der Waals surface area contributed by atoms with Crippen molar-refractivity contribution in [2.24, 2.45) is 11.7 Å². The smallest absolute Gasteiger partial charge is 0.244 e. The Morgan fingerprint density at radius 1 is 1.19 bits per heavy atom. The maximum absolute atomic E-state index is 12.2. The van der Waals surface area contributed by atoms with Crippen LogP contribution in [-0.2, 0) is 9.59 Å². The van der Waals surface area contributed by atoms with E-state index in [0.717, 1.165) is 12.2 Å². The van der Waals surface area contributed by atoms with Crippen LogP contribution in [0.15, 0.2) is 53.1 Å². The van der Waals surface area contributed by atoms with Crippen molar-refractivity contribution in [3.05, 3.63) is 60.1 Å². The molecule has 2 amide bonds. The molecule has 1 aromatic heterocycles.